The van der Waals surface area contributed by atoms with Crippen LogP contribution in [0.2, 0.25) is 0 Å². The summed E-state index contributed by atoms with van der Waals surface area (Å²) in [4.78, 5) is 29.8. The van der Waals surface area contributed by atoms with Crippen LogP contribution in [0.3, 0.4) is 0 Å². The van der Waals surface area contributed by atoms with Gasteiger partial charge in [-0.2, -0.15) is 0 Å². The molecule has 0 radical (unpaired) electrons. The van der Waals surface area contributed by atoms with Gasteiger partial charge in [-0.3, -0.25) is 14.5 Å². The number of rotatable bonds is 4. The van der Waals surface area contributed by atoms with Gasteiger partial charge in [0.15, 0.2) is 0 Å². The smallest absolute Gasteiger partial charge is 0.236 e. The summed E-state index contributed by atoms with van der Waals surface area (Å²) in [5.41, 5.74) is 6.19. The van der Waals surface area contributed by atoms with Crippen molar-refractivity contribution in [1.29, 1.82) is 0 Å². The molecule has 2 aliphatic rings. The number of amides is 2. The maximum atomic E-state index is 12.5. The largest absolute Gasteiger partial charge is 0.506 e. The number of primary amides is 1. The minimum atomic E-state index is -0.257. The first-order valence-electron chi connectivity index (χ1n) is 8.87. The molecule has 0 aliphatic carbocycles. The highest BCUT2D eigenvalue weighted by Gasteiger charge is 2.27. The van der Waals surface area contributed by atoms with Gasteiger partial charge in [-0.15, -0.1) is 0 Å². The van der Waals surface area contributed by atoms with Gasteiger partial charge in [0, 0.05) is 45.2 Å². The molecular formula is C18H26N4O3. The fourth-order valence-electron chi connectivity index (χ4n) is 3.58. The number of nitrogens with zero attached hydrogens (tertiary/aromatic N) is 3. The van der Waals surface area contributed by atoms with Crippen molar-refractivity contribution in [2.45, 2.75) is 12.8 Å². The molecule has 0 atom stereocenters. The van der Waals surface area contributed by atoms with Crippen LogP contribution < -0.4 is 10.6 Å². The normalized spacial score (nSPS) is 19.8. The van der Waals surface area contributed by atoms with E-state index in [2.05, 4.69) is 9.80 Å². The Bertz CT molecular complexity index is 621. The molecule has 2 amide bonds. The average Bonchev–Trinajstić information content (AvgIpc) is 2.63. The number of aromatic hydroxyl groups is 1. The Morgan fingerprint density at radius 3 is 2.28 bits per heavy atom. The van der Waals surface area contributed by atoms with Crippen molar-refractivity contribution in [3.8, 4) is 5.75 Å². The summed E-state index contributed by atoms with van der Waals surface area (Å²) < 4.78 is 0. The Labute approximate surface area is 148 Å². The predicted molar refractivity (Wildman–Crippen MR) is 95.3 cm³/mol. The fraction of sp³-hybridized carbons (Fsp3) is 0.556. The molecule has 25 heavy (non-hydrogen) atoms. The second-order valence-corrected chi connectivity index (χ2v) is 6.81. The number of anilines is 1. The lowest BCUT2D eigenvalue weighted by molar-refractivity contribution is -0.136. The van der Waals surface area contributed by atoms with Crippen LogP contribution in [0.5, 0.6) is 5.75 Å². The Morgan fingerprint density at radius 2 is 1.68 bits per heavy atom. The Balaban J connectivity index is 1.45. The Kier molecular flexibility index (Phi) is 5.43. The second kappa shape index (κ2) is 7.74. The molecule has 1 aromatic carbocycles. The zero-order chi connectivity index (χ0) is 17.8. The van der Waals surface area contributed by atoms with Crippen LogP contribution in [-0.4, -0.2) is 72.5 Å². The highest BCUT2D eigenvalue weighted by atomic mass is 16.3. The van der Waals surface area contributed by atoms with Gasteiger partial charge in [-0.05, 0) is 25.0 Å². The van der Waals surface area contributed by atoms with E-state index < -0.39 is 0 Å². The van der Waals surface area contributed by atoms with Crippen LogP contribution >= 0.6 is 0 Å². The van der Waals surface area contributed by atoms with Gasteiger partial charge in [-0.1, -0.05) is 12.1 Å². The van der Waals surface area contributed by atoms with Crippen molar-refractivity contribution in [1.82, 2.24) is 9.80 Å². The predicted octanol–water partition coefficient (Wildman–Crippen LogP) is 0.238. The van der Waals surface area contributed by atoms with Gasteiger partial charge in [0.2, 0.25) is 11.8 Å². The van der Waals surface area contributed by atoms with E-state index in [4.69, 9.17) is 5.73 Å². The first kappa shape index (κ1) is 17.5. The van der Waals surface area contributed by atoms with E-state index in [1.807, 2.05) is 23.1 Å². The number of piperazine rings is 1. The van der Waals surface area contributed by atoms with Gasteiger partial charge in [0.25, 0.3) is 0 Å². The van der Waals surface area contributed by atoms with Crippen LogP contribution in [0.4, 0.5) is 5.69 Å². The molecule has 2 aliphatic heterocycles. The topological polar surface area (TPSA) is 90.1 Å². The summed E-state index contributed by atoms with van der Waals surface area (Å²) in [6, 6.07) is 7.34. The number of likely N-dealkylation sites (tertiary alicyclic amines) is 1. The Hall–Kier alpha value is -2.28. The molecule has 136 valence electrons. The van der Waals surface area contributed by atoms with E-state index in [-0.39, 0.29) is 17.7 Å². The van der Waals surface area contributed by atoms with E-state index in [0.717, 1.165) is 31.9 Å². The lowest BCUT2D eigenvalue weighted by Crippen LogP contribution is -2.51. The summed E-state index contributed by atoms with van der Waals surface area (Å²) in [6.45, 7) is 4.79. The molecule has 2 fully saturated rings. The first-order chi connectivity index (χ1) is 12.0. The minimum Gasteiger partial charge on any atom is -0.506 e. The third-order valence-corrected chi connectivity index (χ3v) is 5.20. The van der Waals surface area contributed by atoms with Crippen molar-refractivity contribution in [2.75, 3.05) is 50.7 Å². The van der Waals surface area contributed by atoms with Crippen LogP contribution in [0.25, 0.3) is 0 Å². The summed E-state index contributed by atoms with van der Waals surface area (Å²) in [5, 5.41) is 9.96. The Morgan fingerprint density at radius 1 is 1.04 bits per heavy atom. The van der Waals surface area contributed by atoms with E-state index in [0.29, 0.717) is 38.2 Å². The number of phenolic OH excluding ortho intramolecular Hbond substituents is 1. The maximum Gasteiger partial charge on any atom is 0.236 e. The summed E-state index contributed by atoms with van der Waals surface area (Å²) in [6.07, 6.45) is 1.34. The molecule has 0 bridgehead atoms. The number of carbonyl (C=O) groups is 2. The number of hydrogen-bond donors (Lipinski definition) is 2. The molecule has 3 rings (SSSR count). The maximum absolute atomic E-state index is 12.5. The standard InChI is InChI=1S/C18H26N4O3/c19-18(25)14-5-7-22(8-6-14)17(24)13-20-9-11-21(12-10-20)15-3-1-2-4-16(15)23/h1-4,14,23H,5-13H2,(H2,19,25). The lowest BCUT2D eigenvalue weighted by Gasteiger charge is -2.37. The van der Waals surface area contributed by atoms with E-state index in [1.165, 1.54) is 0 Å². The first-order valence-corrected chi connectivity index (χ1v) is 8.87. The molecule has 0 saturated carbocycles. The summed E-state index contributed by atoms with van der Waals surface area (Å²) in [7, 11) is 0. The van der Waals surface area contributed by atoms with Crippen LogP contribution in [0.1, 0.15) is 12.8 Å². The van der Waals surface area contributed by atoms with Gasteiger partial charge < -0.3 is 20.6 Å². The molecule has 0 aromatic heterocycles. The van der Waals surface area contributed by atoms with Crippen molar-refractivity contribution < 1.29 is 14.7 Å². The lowest BCUT2D eigenvalue weighted by atomic mass is 9.96. The van der Waals surface area contributed by atoms with E-state index >= 15 is 0 Å². The zero-order valence-electron chi connectivity index (χ0n) is 14.4. The number of carbonyl (C=O) groups excluding carboxylic acids is 2. The molecular weight excluding hydrogens is 320 g/mol. The zero-order valence-corrected chi connectivity index (χ0v) is 14.4. The number of benzene rings is 1. The van der Waals surface area contributed by atoms with Crippen LogP contribution in [-0.2, 0) is 9.59 Å². The van der Waals surface area contributed by atoms with E-state index in [1.54, 1.807) is 6.07 Å². The average molecular weight is 346 g/mol. The van der Waals surface area contributed by atoms with Gasteiger partial charge in [-0.25, -0.2) is 0 Å². The van der Waals surface area contributed by atoms with Gasteiger partial charge >= 0.3 is 0 Å². The second-order valence-electron chi connectivity index (χ2n) is 6.81. The highest BCUT2D eigenvalue weighted by Crippen LogP contribution is 2.27. The van der Waals surface area contributed by atoms with E-state index in [9.17, 15) is 14.7 Å². The molecule has 3 N–H and O–H groups in total. The summed E-state index contributed by atoms with van der Waals surface area (Å²) >= 11 is 0. The highest BCUT2D eigenvalue weighted by molar-refractivity contribution is 5.80. The SMILES string of the molecule is NC(=O)C1CCN(C(=O)CN2CCN(c3ccccc3O)CC2)CC1. The number of nitrogens with two attached hydrogens (primary N) is 1. The number of piperidine rings is 1. The molecule has 2 saturated heterocycles. The molecule has 7 heteroatoms. The quantitative estimate of drug-likeness (QED) is 0.815. The summed E-state index contributed by atoms with van der Waals surface area (Å²) in [5.74, 6) is 0.0711. The number of hydrogen-bond acceptors (Lipinski definition) is 5. The van der Waals surface area contributed by atoms with Crippen molar-refractivity contribution >= 4 is 17.5 Å². The fourth-order valence-corrected chi connectivity index (χ4v) is 3.58. The number of phenols is 1. The third kappa shape index (κ3) is 4.22. The van der Waals surface area contributed by atoms with Gasteiger partial charge in [0.1, 0.15) is 5.75 Å². The molecule has 2 heterocycles. The molecule has 7 nitrogen and oxygen atoms in total. The molecule has 0 spiro atoms. The van der Waals surface area contributed by atoms with Crippen molar-refractivity contribution in [3.05, 3.63) is 24.3 Å². The monoisotopic (exact) mass is 346 g/mol. The third-order valence-electron chi connectivity index (χ3n) is 5.20. The van der Waals surface area contributed by atoms with Crippen LogP contribution in [0.15, 0.2) is 24.3 Å². The van der Waals surface area contributed by atoms with Crippen molar-refractivity contribution in [3.63, 3.8) is 0 Å². The molecule has 0 unspecified atom stereocenters. The minimum absolute atomic E-state index is 0.0915. The van der Waals surface area contributed by atoms with Crippen molar-refractivity contribution in [2.24, 2.45) is 11.7 Å². The molecule has 1 aromatic rings. The van der Waals surface area contributed by atoms with Gasteiger partial charge in [0.05, 0.1) is 12.2 Å². The van der Waals surface area contributed by atoms with Crippen LogP contribution in [0, 0.1) is 5.92 Å². The number of para-hydroxylation sites is 2.